The highest BCUT2D eigenvalue weighted by molar-refractivity contribution is 5.79. The average Bonchev–Trinajstić information content (AvgIpc) is 3.17. The number of benzene rings is 2. The second kappa shape index (κ2) is 8.80. The maximum absolute atomic E-state index is 13.7. The van der Waals surface area contributed by atoms with Crippen molar-refractivity contribution in [3.8, 4) is 0 Å². The Morgan fingerprint density at radius 2 is 1.62 bits per heavy atom. The first-order valence-electron chi connectivity index (χ1n) is 8.48. The summed E-state index contributed by atoms with van der Waals surface area (Å²) in [6.07, 6.45) is 3.72. The fourth-order valence-corrected chi connectivity index (χ4v) is 2.67. The van der Waals surface area contributed by atoms with Crippen LogP contribution in [0.2, 0.25) is 0 Å². The highest BCUT2D eigenvalue weighted by atomic mass is 19.1. The van der Waals surface area contributed by atoms with E-state index in [4.69, 9.17) is 0 Å². The van der Waals surface area contributed by atoms with Gasteiger partial charge in [-0.2, -0.15) is 5.10 Å². The van der Waals surface area contributed by atoms with Crippen LogP contribution in [-0.4, -0.2) is 22.8 Å². The zero-order valence-corrected chi connectivity index (χ0v) is 14.7. The molecule has 134 valence electrons. The summed E-state index contributed by atoms with van der Waals surface area (Å²) < 4.78 is 15.6. The molecule has 2 N–H and O–H groups in total. The zero-order valence-electron chi connectivity index (χ0n) is 14.7. The molecule has 0 atom stereocenters. The van der Waals surface area contributed by atoms with Gasteiger partial charge in [-0.3, -0.25) is 9.67 Å². The third-order valence-electron chi connectivity index (χ3n) is 4.08. The Bertz CT molecular complexity index is 858. The molecular weight excluding hydrogens is 329 g/mol. The number of nitrogens with one attached hydrogen (secondary N) is 2. The number of rotatable bonds is 6. The second-order valence-electron chi connectivity index (χ2n) is 5.84. The highest BCUT2D eigenvalue weighted by Gasteiger charge is 2.06. The molecule has 0 aliphatic rings. The predicted molar refractivity (Wildman–Crippen MR) is 101 cm³/mol. The van der Waals surface area contributed by atoms with Crippen molar-refractivity contribution < 1.29 is 4.39 Å². The summed E-state index contributed by atoms with van der Waals surface area (Å²) in [6, 6.07) is 16.8. The van der Waals surface area contributed by atoms with E-state index in [1.165, 1.54) is 11.6 Å². The number of hydrogen-bond acceptors (Lipinski definition) is 2. The Labute approximate surface area is 152 Å². The van der Waals surface area contributed by atoms with Crippen molar-refractivity contribution in [1.29, 1.82) is 0 Å². The maximum atomic E-state index is 13.7. The Kier molecular flexibility index (Phi) is 5.98. The summed E-state index contributed by atoms with van der Waals surface area (Å²) in [5, 5.41) is 10.7. The average molecular weight is 351 g/mol. The monoisotopic (exact) mass is 351 g/mol. The first-order valence-corrected chi connectivity index (χ1v) is 8.48. The van der Waals surface area contributed by atoms with Gasteiger partial charge < -0.3 is 10.6 Å². The fraction of sp³-hybridized carbons (Fsp3) is 0.200. The largest absolute Gasteiger partial charge is 0.352 e. The fourth-order valence-electron chi connectivity index (χ4n) is 2.67. The van der Waals surface area contributed by atoms with Gasteiger partial charge in [0.1, 0.15) is 5.82 Å². The summed E-state index contributed by atoms with van der Waals surface area (Å²) in [5.41, 5.74) is 2.96. The van der Waals surface area contributed by atoms with E-state index in [2.05, 4.69) is 32.9 Å². The second-order valence-corrected chi connectivity index (χ2v) is 5.84. The molecule has 2 aromatic carbocycles. The summed E-state index contributed by atoms with van der Waals surface area (Å²) in [5.74, 6) is 0.405. The Morgan fingerprint density at radius 3 is 2.27 bits per heavy atom. The van der Waals surface area contributed by atoms with Gasteiger partial charge in [-0.1, -0.05) is 42.5 Å². The molecule has 0 fully saturated rings. The summed E-state index contributed by atoms with van der Waals surface area (Å²) in [6.45, 7) is 1.71. The molecule has 3 rings (SSSR count). The van der Waals surface area contributed by atoms with Crippen molar-refractivity contribution in [2.75, 3.05) is 7.05 Å². The van der Waals surface area contributed by atoms with Gasteiger partial charge in [0.05, 0.1) is 6.54 Å². The Morgan fingerprint density at radius 1 is 0.962 bits per heavy atom. The molecular formula is C20H22FN5. The van der Waals surface area contributed by atoms with Crippen molar-refractivity contribution in [3.05, 3.63) is 89.5 Å². The van der Waals surface area contributed by atoms with Crippen LogP contribution < -0.4 is 10.6 Å². The SMILES string of the molecule is CN=C(NCc1ccccc1F)NCc1ccccc1Cn1cccn1. The summed E-state index contributed by atoms with van der Waals surface area (Å²) >= 11 is 0. The smallest absolute Gasteiger partial charge is 0.191 e. The van der Waals surface area contributed by atoms with E-state index < -0.39 is 0 Å². The van der Waals surface area contributed by atoms with Crippen LogP contribution in [0, 0.1) is 5.82 Å². The van der Waals surface area contributed by atoms with Gasteiger partial charge in [0, 0.05) is 38.1 Å². The van der Waals surface area contributed by atoms with Crippen LogP contribution in [0.25, 0.3) is 0 Å². The molecule has 3 aromatic rings. The summed E-state index contributed by atoms with van der Waals surface area (Å²) in [7, 11) is 1.70. The van der Waals surface area contributed by atoms with E-state index in [-0.39, 0.29) is 5.82 Å². The Balaban J connectivity index is 1.60. The van der Waals surface area contributed by atoms with Crippen LogP contribution in [-0.2, 0) is 19.6 Å². The quantitative estimate of drug-likeness (QED) is 0.530. The van der Waals surface area contributed by atoms with Gasteiger partial charge in [0.2, 0.25) is 0 Å². The van der Waals surface area contributed by atoms with Crippen LogP contribution in [0.1, 0.15) is 16.7 Å². The lowest BCUT2D eigenvalue weighted by molar-refractivity contribution is 0.604. The molecule has 0 aliphatic carbocycles. The standard InChI is InChI=1S/C20H22FN5/c1-22-20(24-14-17-8-4-5-10-19(17)21)23-13-16-7-2-3-9-18(16)15-26-12-6-11-25-26/h2-12H,13-15H2,1H3,(H2,22,23,24). The van der Waals surface area contributed by atoms with Gasteiger partial charge in [-0.05, 0) is 23.3 Å². The van der Waals surface area contributed by atoms with Gasteiger partial charge in [0.15, 0.2) is 5.96 Å². The highest BCUT2D eigenvalue weighted by Crippen LogP contribution is 2.10. The molecule has 0 radical (unpaired) electrons. The third kappa shape index (κ3) is 4.69. The van der Waals surface area contributed by atoms with Crippen LogP contribution in [0.15, 0.2) is 72.0 Å². The van der Waals surface area contributed by atoms with Crippen molar-refractivity contribution in [2.45, 2.75) is 19.6 Å². The molecule has 0 saturated carbocycles. The van der Waals surface area contributed by atoms with Gasteiger partial charge >= 0.3 is 0 Å². The number of hydrogen-bond donors (Lipinski definition) is 2. The Hall–Kier alpha value is -3.15. The van der Waals surface area contributed by atoms with E-state index in [1.807, 2.05) is 35.1 Å². The first-order chi connectivity index (χ1) is 12.8. The lowest BCUT2D eigenvalue weighted by atomic mass is 10.1. The molecule has 0 saturated heterocycles. The molecule has 0 spiro atoms. The minimum atomic E-state index is -0.222. The van der Waals surface area contributed by atoms with Crippen molar-refractivity contribution >= 4 is 5.96 Å². The minimum absolute atomic E-state index is 0.222. The number of halogens is 1. The van der Waals surface area contributed by atoms with E-state index in [0.717, 1.165) is 5.56 Å². The van der Waals surface area contributed by atoms with Crippen LogP contribution >= 0.6 is 0 Å². The molecule has 1 aromatic heterocycles. The van der Waals surface area contributed by atoms with E-state index >= 15 is 0 Å². The number of aliphatic imine (C=N–C) groups is 1. The predicted octanol–water partition coefficient (Wildman–Crippen LogP) is 2.94. The van der Waals surface area contributed by atoms with E-state index in [1.54, 1.807) is 25.4 Å². The topological polar surface area (TPSA) is 54.2 Å². The van der Waals surface area contributed by atoms with Gasteiger partial charge in [-0.15, -0.1) is 0 Å². The number of guanidine groups is 1. The normalized spacial score (nSPS) is 11.4. The minimum Gasteiger partial charge on any atom is -0.352 e. The molecule has 26 heavy (non-hydrogen) atoms. The lowest BCUT2D eigenvalue weighted by Crippen LogP contribution is -2.36. The lowest BCUT2D eigenvalue weighted by Gasteiger charge is -2.14. The third-order valence-corrected chi connectivity index (χ3v) is 4.08. The van der Waals surface area contributed by atoms with E-state index in [0.29, 0.717) is 31.2 Å². The number of nitrogens with zero attached hydrogens (tertiary/aromatic N) is 3. The maximum Gasteiger partial charge on any atom is 0.191 e. The van der Waals surface area contributed by atoms with Gasteiger partial charge in [0.25, 0.3) is 0 Å². The van der Waals surface area contributed by atoms with Crippen LogP contribution in [0.5, 0.6) is 0 Å². The van der Waals surface area contributed by atoms with Crippen molar-refractivity contribution in [2.24, 2.45) is 4.99 Å². The molecule has 6 heteroatoms. The number of aromatic nitrogens is 2. The summed E-state index contributed by atoms with van der Waals surface area (Å²) in [4.78, 5) is 4.21. The molecule has 0 amide bonds. The van der Waals surface area contributed by atoms with Crippen LogP contribution in [0.3, 0.4) is 0 Å². The van der Waals surface area contributed by atoms with Crippen molar-refractivity contribution in [1.82, 2.24) is 20.4 Å². The first kappa shape index (κ1) is 17.7. The van der Waals surface area contributed by atoms with Crippen LogP contribution in [0.4, 0.5) is 4.39 Å². The molecule has 5 nitrogen and oxygen atoms in total. The molecule has 0 unspecified atom stereocenters. The molecule has 0 bridgehead atoms. The molecule has 1 heterocycles. The van der Waals surface area contributed by atoms with Gasteiger partial charge in [-0.25, -0.2) is 4.39 Å². The molecule has 0 aliphatic heterocycles. The van der Waals surface area contributed by atoms with E-state index in [9.17, 15) is 4.39 Å². The van der Waals surface area contributed by atoms with Crippen molar-refractivity contribution in [3.63, 3.8) is 0 Å². The zero-order chi connectivity index (χ0) is 18.2.